The van der Waals surface area contributed by atoms with Crippen molar-refractivity contribution in [3.05, 3.63) is 18.1 Å². The minimum absolute atomic E-state index is 0.00889. The summed E-state index contributed by atoms with van der Waals surface area (Å²) in [6, 6.07) is 0. The van der Waals surface area contributed by atoms with Crippen LogP contribution in [0.1, 0.15) is 24.5 Å². The van der Waals surface area contributed by atoms with E-state index in [0.29, 0.717) is 6.54 Å². The van der Waals surface area contributed by atoms with Crippen molar-refractivity contribution >= 4 is 11.7 Å². The van der Waals surface area contributed by atoms with Gasteiger partial charge in [0.05, 0.1) is 12.2 Å². The molecule has 1 amide bonds. The molecule has 0 bridgehead atoms. The van der Waals surface area contributed by atoms with Crippen molar-refractivity contribution in [3.8, 4) is 0 Å². The highest BCUT2D eigenvalue weighted by Gasteiger charge is 2.26. The molecule has 0 aromatic carbocycles. The Kier molecular flexibility index (Phi) is 4.09. The molecule has 2 heterocycles. The molecule has 1 aliphatic rings. The summed E-state index contributed by atoms with van der Waals surface area (Å²) in [4.78, 5) is 22.1. The molecule has 0 saturated carbocycles. The van der Waals surface area contributed by atoms with Crippen LogP contribution in [0.2, 0.25) is 0 Å². The zero-order valence-electron chi connectivity index (χ0n) is 10.6. The maximum atomic E-state index is 11.6. The maximum Gasteiger partial charge on any atom is 0.236 e. The Labute approximate surface area is 107 Å². The van der Waals surface area contributed by atoms with Crippen LogP contribution in [0.25, 0.3) is 0 Å². The third-order valence-corrected chi connectivity index (χ3v) is 3.30. The Morgan fingerprint density at radius 2 is 2.33 bits per heavy atom. The number of carbonyl (C=O) groups excluding carboxylic acids is 1. The maximum absolute atomic E-state index is 11.6. The number of carbonyl (C=O) groups is 1. The predicted molar refractivity (Wildman–Crippen MR) is 69.2 cm³/mol. The van der Waals surface area contributed by atoms with Crippen molar-refractivity contribution < 1.29 is 4.79 Å². The van der Waals surface area contributed by atoms with Gasteiger partial charge in [-0.05, 0) is 12.8 Å². The van der Waals surface area contributed by atoms with Gasteiger partial charge in [0.25, 0.3) is 0 Å². The standard InChI is InChI=1S/C12H19N5O/c1-14-12-11(15-4-5-16-12)9-3-2-6-17(8-9)10(18)7-13/h4-5,9H,2-3,6-8,13H2,1H3,(H,14,16)/t9-/m0/s1. The number of nitrogens with one attached hydrogen (secondary N) is 1. The van der Waals surface area contributed by atoms with E-state index in [-0.39, 0.29) is 18.4 Å². The first-order valence-electron chi connectivity index (χ1n) is 6.22. The third-order valence-electron chi connectivity index (χ3n) is 3.30. The van der Waals surface area contributed by atoms with Gasteiger partial charge in [0, 0.05) is 38.4 Å². The highest BCUT2D eigenvalue weighted by molar-refractivity contribution is 5.78. The molecule has 0 unspecified atom stereocenters. The summed E-state index contributed by atoms with van der Waals surface area (Å²) >= 11 is 0. The van der Waals surface area contributed by atoms with Crippen molar-refractivity contribution in [2.45, 2.75) is 18.8 Å². The zero-order valence-corrected chi connectivity index (χ0v) is 10.6. The lowest BCUT2D eigenvalue weighted by molar-refractivity contribution is -0.130. The van der Waals surface area contributed by atoms with Gasteiger partial charge < -0.3 is 16.0 Å². The average Bonchev–Trinajstić information content (AvgIpc) is 2.46. The van der Waals surface area contributed by atoms with Gasteiger partial charge in [-0.25, -0.2) is 4.98 Å². The van der Waals surface area contributed by atoms with Crippen LogP contribution >= 0.6 is 0 Å². The van der Waals surface area contributed by atoms with Crippen molar-refractivity contribution in [3.63, 3.8) is 0 Å². The van der Waals surface area contributed by atoms with Gasteiger partial charge in [-0.3, -0.25) is 9.78 Å². The van der Waals surface area contributed by atoms with Crippen LogP contribution in [0.5, 0.6) is 0 Å². The van der Waals surface area contributed by atoms with Gasteiger partial charge in [0.15, 0.2) is 0 Å². The summed E-state index contributed by atoms with van der Waals surface area (Å²) in [7, 11) is 1.83. The van der Waals surface area contributed by atoms with Crippen molar-refractivity contribution in [2.75, 3.05) is 32.0 Å². The Morgan fingerprint density at radius 1 is 1.56 bits per heavy atom. The van der Waals surface area contributed by atoms with Gasteiger partial charge in [-0.15, -0.1) is 0 Å². The summed E-state index contributed by atoms with van der Waals surface area (Å²) < 4.78 is 0. The molecule has 0 spiro atoms. The fraction of sp³-hybridized carbons (Fsp3) is 0.583. The normalized spacial score (nSPS) is 19.7. The fourth-order valence-electron chi connectivity index (χ4n) is 2.40. The lowest BCUT2D eigenvalue weighted by Gasteiger charge is -2.32. The molecule has 18 heavy (non-hydrogen) atoms. The Bertz CT molecular complexity index is 423. The fourth-order valence-corrected chi connectivity index (χ4v) is 2.40. The summed E-state index contributed by atoms with van der Waals surface area (Å²) in [6.07, 6.45) is 5.37. The van der Waals surface area contributed by atoms with Gasteiger partial charge >= 0.3 is 0 Å². The molecule has 98 valence electrons. The number of amides is 1. The van der Waals surface area contributed by atoms with Crippen LogP contribution in [0.15, 0.2) is 12.4 Å². The number of aromatic nitrogens is 2. The van der Waals surface area contributed by atoms with Gasteiger partial charge in [0.1, 0.15) is 5.82 Å². The van der Waals surface area contributed by atoms with E-state index in [0.717, 1.165) is 30.9 Å². The number of rotatable bonds is 3. The van der Waals surface area contributed by atoms with Gasteiger partial charge in [-0.2, -0.15) is 0 Å². The number of nitrogens with zero attached hydrogens (tertiary/aromatic N) is 3. The topological polar surface area (TPSA) is 84.1 Å². The highest BCUT2D eigenvalue weighted by atomic mass is 16.2. The van der Waals surface area contributed by atoms with Crippen LogP contribution in [0.3, 0.4) is 0 Å². The molecule has 6 heteroatoms. The number of hydrogen-bond acceptors (Lipinski definition) is 5. The number of piperidine rings is 1. The number of hydrogen-bond donors (Lipinski definition) is 2. The van der Waals surface area contributed by atoms with E-state index in [1.807, 2.05) is 11.9 Å². The summed E-state index contributed by atoms with van der Waals surface area (Å²) in [5, 5.41) is 3.05. The molecule has 1 aromatic heterocycles. The van der Waals surface area contributed by atoms with Crippen LogP contribution in [0.4, 0.5) is 5.82 Å². The first-order valence-corrected chi connectivity index (χ1v) is 6.22. The first-order chi connectivity index (χ1) is 8.76. The minimum atomic E-state index is 0.00889. The van der Waals surface area contributed by atoms with Crippen LogP contribution in [-0.2, 0) is 4.79 Å². The molecule has 1 aliphatic heterocycles. The number of likely N-dealkylation sites (tertiary alicyclic amines) is 1. The molecule has 2 rings (SSSR count). The van der Waals surface area contributed by atoms with E-state index in [1.54, 1.807) is 12.4 Å². The second-order valence-corrected chi connectivity index (χ2v) is 4.42. The van der Waals surface area contributed by atoms with E-state index in [9.17, 15) is 4.79 Å². The van der Waals surface area contributed by atoms with Crippen molar-refractivity contribution in [2.24, 2.45) is 5.73 Å². The summed E-state index contributed by atoms with van der Waals surface area (Å²) in [6.45, 7) is 1.55. The molecule has 6 nitrogen and oxygen atoms in total. The number of anilines is 1. The Balaban J connectivity index is 2.15. The minimum Gasteiger partial charge on any atom is -0.372 e. The largest absolute Gasteiger partial charge is 0.372 e. The van der Waals surface area contributed by atoms with E-state index >= 15 is 0 Å². The molecule has 3 N–H and O–H groups in total. The zero-order chi connectivity index (χ0) is 13.0. The first kappa shape index (κ1) is 12.8. The highest BCUT2D eigenvalue weighted by Crippen LogP contribution is 2.28. The average molecular weight is 249 g/mol. The third kappa shape index (κ3) is 2.59. The second-order valence-electron chi connectivity index (χ2n) is 4.42. The Hall–Kier alpha value is -1.69. The molecule has 0 radical (unpaired) electrons. The van der Waals surface area contributed by atoms with E-state index in [2.05, 4.69) is 15.3 Å². The molecule has 1 aromatic rings. The van der Waals surface area contributed by atoms with Gasteiger partial charge in [-0.1, -0.05) is 0 Å². The van der Waals surface area contributed by atoms with Crippen molar-refractivity contribution in [1.29, 1.82) is 0 Å². The lowest BCUT2D eigenvalue weighted by Crippen LogP contribution is -2.42. The van der Waals surface area contributed by atoms with Crippen LogP contribution < -0.4 is 11.1 Å². The van der Waals surface area contributed by atoms with E-state index in [4.69, 9.17) is 5.73 Å². The quantitative estimate of drug-likeness (QED) is 0.798. The lowest BCUT2D eigenvalue weighted by atomic mass is 9.94. The molecule has 1 saturated heterocycles. The molecule has 1 fully saturated rings. The predicted octanol–water partition coefficient (Wildman–Crippen LogP) is 0.183. The molecule has 1 atom stereocenters. The smallest absolute Gasteiger partial charge is 0.236 e. The molecular weight excluding hydrogens is 230 g/mol. The SMILES string of the molecule is CNc1nccnc1[C@H]1CCCN(C(=O)CN)C1. The Morgan fingerprint density at radius 3 is 3.06 bits per heavy atom. The summed E-state index contributed by atoms with van der Waals surface area (Å²) in [5.41, 5.74) is 6.35. The second kappa shape index (κ2) is 5.77. The van der Waals surface area contributed by atoms with Crippen LogP contribution in [0, 0.1) is 0 Å². The number of nitrogens with two attached hydrogens (primary N) is 1. The van der Waals surface area contributed by atoms with Gasteiger partial charge in [0.2, 0.25) is 5.91 Å². The van der Waals surface area contributed by atoms with E-state index in [1.165, 1.54) is 0 Å². The monoisotopic (exact) mass is 249 g/mol. The van der Waals surface area contributed by atoms with Crippen molar-refractivity contribution in [1.82, 2.24) is 14.9 Å². The molecular formula is C12H19N5O. The molecule has 0 aliphatic carbocycles. The summed E-state index contributed by atoms with van der Waals surface area (Å²) in [5.74, 6) is 1.05. The van der Waals surface area contributed by atoms with E-state index < -0.39 is 0 Å². The van der Waals surface area contributed by atoms with Crippen LogP contribution in [-0.4, -0.2) is 47.5 Å².